The summed E-state index contributed by atoms with van der Waals surface area (Å²) in [5, 5.41) is 20.4. The number of likely N-dealkylation sites (tertiary alicyclic amines) is 1. The molecule has 2 aliphatic rings. The van der Waals surface area contributed by atoms with Crippen LogP contribution < -0.4 is 10.5 Å². The summed E-state index contributed by atoms with van der Waals surface area (Å²) in [5.74, 6) is -0.863. The van der Waals surface area contributed by atoms with Crippen LogP contribution in [0.2, 0.25) is 5.02 Å². The maximum absolute atomic E-state index is 13.7. The molecule has 0 aromatic heterocycles. The van der Waals surface area contributed by atoms with Crippen molar-refractivity contribution < 1.29 is 23.1 Å². The van der Waals surface area contributed by atoms with Crippen molar-refractivity contribution in [2.75, 3.05) is 13.1 Å². The Labute approximate surface area is 223 Å². The first-order valence-electron chi connectivity index (χ1n) is 12.5. The smallest absolute Gasteiger partial charge is 0.251 e. The molecule has 2 aromatic carbocycles. The van der Waals surface area contributed by atoms with Gasteiger partial charge >= 0.3 is 0 Å². The molecule has 3 atom stereocenters. The third-order valence-electron chi connectivity index (χ3n) is 7.91. The Hall–Kier alpha value is -2.46. The van der Waals surface area contributed by atoms with Gasteiger partial charge in [0.1, 0.15) is 0 Å². The lowest BCUT2D eigenvalue weighted by Gasteiger charge is -2.51. The molecule has 1 heterocycles. The number of carbonyl (C=O) groups is 2. The highest BCUT2D eigenvalue weighted by molar-refractivity contribution is 7.89. The summed E-state index contributed by atoms with van der Waals surface area (Å²) in [6.45, 7) is 4.69. The van der Waals surface area contributed by atoms with E-state index in [1.165, 1.54) is 24.3 Å². The fourth-order valence-electron chi connectivity index (χ4n) is 5.67. The molecular weight excluding hydrogens is 514 g/mol. The van der Waals surface area contributed by atoms with E-state index in [0.717, 1.165) is 18.4 Å². The van der Waals surface area contributed by atoms with Gasteiger partial charge in [0.05, 0.1) is 16.4 Å². The van der Waals surface area contributed by atoms with Crippen molar-refractivity contribution in [1.82, 2.24) is 10.2 Å². The van der Waals surface area contributed by atoms with Crippen molar-refractivity contribution in [3.05, 3.63) is 64.7 Å². The van der Waals surface area contributed by atoms with Crippen molar-refractivity contribution in [3.63, 3.8) is 0 Å². The van der Waals surface area contributed by atoms with Crippen molar-refractivity contribution >= 4 is 33.4 Å². The summed E-state index contributed by atoms with van der Waals surface area (Å²) in [7, 11) is -3.94. The molecule has 1 saturated carbocycles. The predicted molar refractivity (Wildman–Crippen MR) is 141 cm³/mol. The second-order valence-corrected chi connectivity index (χ2v) is 12.8. The molecule has 2 aromatic rings. The largest absolute Gasteiger partial charge is 0.384 e. The van der Waals surface area contributed by atoms with E-state index in [4.69, 9.17) is 16.7 Å². The topological polar surface area (TPSA) is 130 Å². The third-order valence-corrected chi connectivity index (χ3v) is 9.07. The number of hydrogen-bond acceptors (Lipinski definition) is 5. The maximum Gasteiger partial charge on any atom is 0.251 e. The van der Waals surface area contributed by atoms with Crippen LogP contribution in [0.1, 0.15) is 61.9 Å². The van der Waals surface area contributed by atoms with Gasteiger partial charge in [-0.15, -0.1) is 0 Å². The van der Waals surface area contributed by atoms with Gasteiger partial charge in [-0.05, 0) is 55.2 Å². The number of halogens is 1. The van der Waals surface area contributed by atoms with Gasteiger partial charge in [-0.2, -0.15) is 0 Å². The van der Waals surface area contributed by atoms with E-state index >= 15 is 0 Å². The highest BCUT2D eigenvalue weighted by atomic mass is 35.5. The maximum atomic E-state index is 13.7. The molecule has 1 saturated heterocycles. The molecule has 8 nitrogen and oxygen atoms in total. The molecule has 1 aliphatic heterocycles. The molecule has 200 valence electrons. The lowest BCUT2D eigenvalue weighted by molar-refractivity contribution is -0.158. The van der Waals surface area contributed by atoms with Gasteiger partial charge in [0.25, 0.3) is 5.91 Å². The highest BCUT2D eigenvalue weighted by Gasteiger charge is 2.50. The van der Waals surface area contributed by atoms with Gasteiger partial charge in [-0.3, -0.25) is 9.59 Å². The zero-order chi connectivity index (χ0) is 27.0. The number of piperidine rings is 1. The summed E-state index contributed by atoms with van der Waals surface area (Å²) in [6, 6.07) is 12.4. The van der Waals surface area contributed by atoms with E-state index in [-0.39, 0.29) is 22.4 Å². The van der Waals surface area contributed by atoms with E-state index in [0.29, 0.717) is 37.4 Å². The lowest BCUT2D eigenvalue weighted by Crippen LogP contribution is -2.59. The number of aliphatic hydroxyl groups is 1. The first-order valence-corrected chi connectivity index (χ1v) is 14.5. The van der Waals surface area contributed by atoms with Gasteiger partial charge in [-0.1, -0.05) is 56.5 Å². The average Bonchev–Trinajstić information content (AvgIpc) is 2.85. The Kier molecular flexibility index (Phi) is 7.72. The van der Waals surface area contributed by atoms with Crippen molar-refractivity contribution in [2.24, 2.45) is 16.5 Å². The number of nitrogens with two attached hydrogens (primary N) is 1. The Morgan fingerprint density at radius 1 is 1.11 bits per heavy atom. The normalized spacial score (nSPS) is 25.9. The summed E-state index contributed by atoms with van der Waals surface area (Å²) in [6.07, 6.45) is 3.46. The summed E-state index contributed by atoms with van der Waals surface area (Å²) >= 11 is 6.04. The van der Waals surface area contributed by atoms with Crippen molar-refractivity contribution in [3.8, 4) is 0 Å². The van der Waals surface area contributed by atoms with E-state index < -0.39 is 32.9 Å². The highest BCUT2D eigenvalue weighted by Crippen LogP contribution is 2.46. The average molecular weight is 548 g/mol. The number of hydrogen-bond donors (Lipinski definition) is 3. The zero-order valence-corrected chi connectivity index (χ0v) is 22.7. The standard InChI is InChI=1S/C27H34ClN3O5S/c1-26(2)17-31(15-14-27(26,34)19-10-12-20(28)13-11-19)25(33)22-8-3-4-9-23(22)30-24(32)18-6-5-7-21(16-18)37(29,35)36/h5-7,10-13,16,22-23,34H,3-4,8-9,14-15,17H2,1-2H3,(H,30,32)(H2,29,35,36)/t22-,23+,27-/m0/s1. The van der Waals surface area contributed by atoms with Gasteiger partial charge < -0.3 is 15.3 Å². The van der Waals surface area contributed by atoms with Crippen LogP contribution in [-0.2, 0) is 20.4 Å². The fraction of sp³-hybridized carbons (Fsp3) is 0.481. The molecule has 2 amide bonds. The minimum Gasteiger partial charge on any atom is -0.384 e. The van der Waals surface area contributed by atoms with E-state index in [2.05, 4.69) is 5.32 Å². The molecular formula is C27H34ClN3O5S. The number of carbonyl (C=O) groups excluding carboxylic acids is 2. The SMILES string of the molecule is CC1(C)CN(C(=O)[C@H]2CCCC[C@H]2NC(=O)c2cccc(S(N)(=O)=O)c2)CC[C@]1(O)c1ccc(Cl)cc1. The van der Waals surface area contributed by atoms with Crippen LogP contribution in [0.15, 0.2) is 53.4 Å². The molecule has 4 rings (SSSR count). The van der Waals surface area contributed by atoms with Crippen molar-refractivity contribution in [2.45, 2.75) is 62.5 Å². The van der Waals surface area contributed by atoms with E-state index in [1.807, 2.05) is 26.0 Å². The fourth-order valence-corrected chi connectivity index (χ4v) is 6.36. The quantitative estimate of drug-likeness (QED) is 0.528. The van der Waals surface area contributed by atoms with Crippen molar-refractivity contribution in [1.29, 1.82) is 0 Å². The van der Waals surface area contributed by atoms with Crippen LogP contribution >= 0.6 is 11.6 Å². The van der Waals surface area contributed by atoms with Gasteiger partial charge in [0.2, 0.25) is 15.9 Å². The second-order valence-electron chi connectivity index (χ2n) is 10.8. The Bertz CT molecular complexity index is 1280. The third kappa shape index (κ3) is 5.70. The molecule has 2 fully saturated rings. The van der Waals surface area contributed by atoms with Crippen LogP contribution in [0, 0.1) is 11.3 Å². The number of nitrogens with one attached hydrogen (secondary N) is 1. The van der Waals surface area contributed by atoms with E-state index in [9.17, 15) is 23.1 Å². The lowest BCUT2D eigenvalue weighted by atomic mass is 9.66. The number of rotatable bonds is 5. The number of nitrogens with zero attached hydrogens (tertiary/aromatic N) is 1. The second kappa shape index (κ2) is 10.4. The number of benzene rings is 2. The summed E-state index contributed by atoms with van der Waals surface area (Å²) in [4.78, 5) is 28.4. The first kappa shape index (κ1) is 27.6. The zero-order valence-electron chi connectivity index (χ0n) is 21.1. The number of sulfonamides is 1. The molecule has 4 N–H and O–H groups in total. The molecule has 0 radical (unpaired) electrons. The minimum atomic E-state index is -3.94. The van der Waals surface area contributed by atoms with Gasteiger partial charge in [-0.25, -0.2) is 13.6 Å². The molecule has 37 heavy (non-hydrogen) atoms. The molecule has 10 heteroatoms. The van der Waals surface area contributed by atoms with E-state index in [1.54, 1.807) is 17.0 Å². The Balaban J connectivity index is 1.49. The summed E-state index contributed by atoms with van der Waals surface area (Å²) < 4.78 is 23.4. The Morgan fingerprint density at radius 2 is 1.78 bits per heavy atom. The molecule has 0 unspecified atom stereocenters. The summed E-state index contributed by atoms with van der Waals surface area (Å²) in [5.41, 5.74) is -0.770. The minimum absolute atomic E-state index is 0.0329. The molecule has 1 aliphatic carbocycles. The number of amides is 2. The predicted octanol–water partition coefficient (Wildman–Crippen LogP) is 3.42. The molecule has 0 bridgehead atoms. The number of primary sulfonamides is 1. The van der Waals surface area contributed by atoms with Gasteiger partial charge in [0.15, 0.2) is 0 Å². The Morgan fingerprint density at radius 3 is 2.43 bits per heavy atom. The van der Waals surface area contributed by atoms with Gasteiger partial charge in [0, 0.05) is 35.1 Å². The monoisotopic (exact) mass is 547 g/mol. The van der Waals surface area contributed by atoms with Crippen LogP contribution in [0.5, 0.6) is 0 Å². The van der Waals surface area contributed by atoms with Crippen LogP contribution in [-0.4, -0.2) is 49.4 Å². The van der Waals surface area contributed by atoms with Crippen LogP contribution in [0.4, 0.5) is 0 Å². The van der Waals surface area contributed by atoms with Crippen LogP contribution in [0.3, 0.4) is 0 Å². The first-order chi connectivity index (χ1) is 17.3. The molecule has 0 spiro atoms. The van der Waals surface area contributed by atoms with Crippen LogP contribution in [0.25, 0.3) is 0 Å².